The summed E-state index contributed by atoms with van der Waals surface area (Å²) in [5.41, 5.74) is 0.844. The predicted molar refractivity (Wildman–Crippen MR) is 154 cm³/mol. The maximum absolute atomic E-state index is 16.5. The molecule has 1 amide bonds. The number of halogens is 2. The Morgan fingerprint density at radius 1 is 1.10 bits per heavy atom. The fraction of sp³-hybridized carbons (Fsp3) is 0.731. The zero-order valence-corrected chi connectivity index (χ0v) is 27.1. The van der Waals surface area contributed by atoms with E-state index in [1.807, 2.05) is 0 Å². The van der Waals surface area contributed by atoms with Crippen LogP contribution < -0.4 is 5.32 Å². The summed E-state index contributed by atoms with van der Waals surface area (Å²) in [4.78, 5) is 20.6. The van der Waals surface area contributed by atoms with Gasteiger partial charge in [-0.2, -0.15) is 9.97 Å². The minimum atomic E-state index is -3.00. The lowest BCUT2D eigenvalue weighted by Gasteiger charge is -2.51. The third kappa shape index (κ3) is 5.33. The van der Waals surface area contributed by atoms with Crippen LogP contribution in [0, 0.1) is 0 Å². The molecule has 2 aliphatic rings. The molecular formula is C26H42ClFN4O5Si2. The topological polar surface area (TPSA) is 96.7 Å². The number of amides is 1. The van der Waals surface area contributed by atoms with Gasteiger partial charge in [-0.05, 0) is 39.8 Å². The van der Waals surface area contributed by atoms with Gasteiger partial charge in [0.1, 0.15) is 23.7 Å². The first-order chi connectivity index (χ1) is 18.3. The molecule has 0 bridgehead atoms. The van der Waals surface area contributed by atoms with E-state index in [1.54, 1.807) is 23.8 Å². The third-order valence-electron chi connectivity index (χ3n) is 8.00. The minimum Gasteiger partial charge on any atom is -0.414 e. The molecule has 2 aromatic heterocycles. The highest BCUT2D eigenvalue weighted by Crippen LogP contribution is 2.49. The van der Waals surface area contributed by atoms with E-state index in [9.17, 15) is 4.79 Å². The Labute approximate surface area is 237 Å². The SMILES string of the molecule is CCC(=O)Nc1nc(Cl)nc2c1ccn2[C@@H]1O[C@@H]2CO[Si](C(C)C)(C(C)C)O[Si](C(C)C)(C(C)C)OC2[C@H]1F. The van der Waals surface area contributed by atoms with Crippen molar-refractivity contribution in [2.75, 3.05) is 11.9 Å². The van der Waals surface area contributed by atoms with Crippen molar-refractivity contribution in [2.45, 2.75) is 116 Å². The number of aromatic nitrogens is 3. The molecule has 2 saturated heterocycles. The zero-order valence-electron chi connectivity index (χ0n) is 24.3. The monoisotopic (exact) mass is 600 g/mol. The van der Waals surface area contributed by atoms with Gasteiger partial charge in [-0.1, -0.05) is 62.3 Å². The number of nitrogens with one attached hydrogen (secondary N) is 1. The quantitative estimate of drug-likeness (QED) is 0.281. The van der Waals surface area contributed by atoms with Gasteiger partial charge in [0, 0.05) is 12.6 Å². The van der Waals surface area contributed by atoms with Gasteiger partial charge in [0.2, 0.25) is 11.2 Å². The predicted octanol–water partition coefficient (Wildman–Crippen LogP) is 6.63. The van der Waals surface area contributed by atoms with Gasteiger partial charge in [0.25, 0.3) is 0 Å². The van der Waals surface area contributed by atoms with E-state index in [0.717, 1.165) is 0 Å². The van der Waals surface area contributed by atoms with E-state index >= 15 is 4.39 Å². The molecule has 1 unspecified atom stereocenters. The summed E-state index contributed by atoms with van der Waals surface area (Å²) in [5, 5.41) is 3.23. The molecule has 1 N–H and O–H groups in total. The zero-order chi connectivity index (χ0) is 28.9. The normalized spacial score (nSPS) is 26.8. The summed E-state index contributed by atoms with van der Waals surface area (Å²) in [6.07, 6.45) is -2.08. The third-order valence-corrected chi connectivity index (χ3v) is 18.4. The van der Waals surface area contributed by atoms with E-state index in [4.69, 9.17) is 29.3 Å². The summed E-state index contributed by atoms with van der Waals surface area (Å²) in [6, 6.07) is 1.73. The largest absolute Gasteiger partial charge is 0.414 e. The molecule has 9 nitrogen and oxygen atoms in total. The number of hydrogen-bond acceptors (Lipinski definition) is 7. The maximum atomic E-state index is 16.5. The molecular weight excluding hydrogens is 559 g/mol. The second-order valence-electron chi connectivity index (χ2n) is 11.8. The minimum absolute atomic E-state index is 0.0584. The van der Waals surface area contributed by atoms with Crippen LogP contribution in [-0.4, -0.2) is 62.6 Å². The summed E-state index contributed by atoms with van der Waals surface area (Å²) < 4.78 is 45.3. The smallest absolute Gasteiger partial charge is 0.335 e. The second kappa shape index (κ2) is 11.5. The van der Waals surface area contributed by atoms with Crippen molar-refractivity contribution < 1.29 is 26.9 Å². The van der Waals surface area contributed by atoms with Crippen molar-refractivity contribution >= 4 is 51.5 Å². The lowest BCUT2D eigenvalue weighted by atomic mass is 10.1. The number of ether oxygens (including phenoxy) is 1. The van der Waals surface area contributed by atoms with Gasteiger partial charge in [-0.15, -0.1) is 0 Å². The van der Waals surface area contributed by atoms with Crippen molar-refractivity contribution in [2.24, 2.45) is 0 Å². The average Bonchev–Trinajstić information content (AvgIpc) is 3.38. The van der Waals surface area contributed by atoms with Crippen molar-refractivity contribution in [1.29, 1.82) is 0 Å². The highest BCUT2D eigenvalue weighted by Gasteiger charge is 2.62. The Hall–Kier alpha value is -1.42. The number of rotatable bonds is 7. The number of hydrogen-bond donors (Lipinski definition) is 1. The fourth-order valence-corrected chi connectivity index (χ4v) is 17.2. The molecule has 2 fully saturated rings. The standard InChI is InChI=1S/C26H42ClFN4O5Si2/c1-10-20(33)29-23-18-11-12-32(24(18)31-26(27)30-23)25-21(28)22-19(35-25)13-34-38(14(2)3,15(4)5)37-39(36-22,16(6)7)17(8)9/h11-12,14-17,19,21-22,25H,10,13H2,1-9H3,(H,29,30,31,33)/t19-,21-,22?,25-/m1/s1. The van der Waals surface area contributed by atoms with E-state index in [2.05, 4.69) is 70.7 Å². The lowest BCUT2D eigenvalue weighted by Crippen LogP contribution is -2.65. The van der Waals surface area contributed by atoms with Crippen LogP contribution in [0.3, 0.4) is 0 Å². The molecule has 39 heavy (non-hydrogen) atoms. The van der Waals surface area contributed by atoms with Crippen LogP contribution in [0.5, 0.6) is 0 Å². The van der Waals surface area contributed by atoms with Crippen LogP contribution >= 0.6 is 11.6 Å². The molecule has 0 spiro atoms. The first kappa shape index (κ1) is 30.5. The first-order valence-corrected chi connectivity index (χ1v) is 18.2. The van der Waals surface area contributed by atoms with E-state index in [0.29, 0.717) is 11.0 Å². The van der Waals surface area contributed by atoms with E-state index in [-0.39, 0.29) is 52.2 Å². The molecule has 0 saturated carbocycles. The van der Waals surface area contributed by atoms with Crippen LogP contribution in [0.1, 0.15) is 75.0 Å². The number of carbonyl (C=O) groups is 1. The summed E-state index contributed by atoms with van der Waals surface area (Å²) in [7, 11) is -5.78. The van der Waals surface area contributed by atoms with E-state index < -0.39 is 41.7 Å². The Morgan fingerprint density at radius 3 is 2.28 bits per heavy atom. The van der Waals surface area contributed by atoms with Crippen LogP contribution in [-0.2, 0) is 22.5 Å². The molecule has 2 aliphatic heterocycles. The van der Waals surface area contributed by atoms with Gasteiger partial charge >= 0.3 is 17.1 Å². The molecule has 0 aliphatic carbocycles. The summed E-state index contributed by atoms with van der Waals surface area (Å²) in [5.74, 6) is 0.0636. The van der Waals surface area contributed by atoms with Gasteiger partial charge in [-0.25, -0.2) is 4.39 Å². The molecule has 4 heterocycles. The fourth-order valence-electron chi connectivity index (χ4n) is 5.86. The average molecular weight is 601 g/mol. The highest BCUT2D eigenvalue weighted by atomic mass is 35.5. The molecule has 0 radical (unpaired) electrons. The van der Waals surface area contributed by atoms with Crippen molar-refractivity contribution in [1.82, 2.24) is 14.5 Å². The van der Waals surface area contributed by atoms with E-state index in [1.165, 1.54) is 0 Å². The van der Waals surface area contributed by atoms with Gasteiger partial charge < -0.3 is 27.6 Å². The molecule has 218 valence electrons. The number of carbonyl (C=O) groups excluding carboxylic acids is 1. The van der Waals surface area contributed by atoms with Crippen LogP contribution in [0.4, 0.5) is 10.2 Å². The van der Waals surface area contributed by atoms with Gasteiger partial charge in [0.05, 0.1) is 12.0 Å². The van der Waals surface area contributed by atoms with Gasteiger partial charge in [0.15, 0.2) is 12.4 Å². The number of nitrogens with zero attached hydrogens (tertiary/aromatic N) is 3. The maximum Gasteiger partial charge on any atom is 0.335 e. The number of alkyl halides is 1. The Balaban J connectivity index is 1.77. The Morgan fingerprint density at radius 2 is 1.72 bits per heavy atom. The van der Waals surface area contributed by atoms with Crippen molar-refractivity contribution in [3.05, 3.63) is 17.5 Å². The second-order valence-corrected chi connectivity index (χ2v) is 21.0. The highest BCUT2D eigenvalue weighted by molar-refractivity contribution is 6.84. The molecule has 0 aromatic carbocycles. The Bertz CT molecular complexity index is 1180. The number of anilines is 1. The van der Waals surface area contributed by atoms with Crippen molar-refractivity contribution in [3.63, 3.8) is 0 Å². The summed E-state index contributed by atoms with van der Waals surface area (Å²) >= 11 is 6.21. The molecule has 2 aromatic rings. The van der Waals surface area contributed by atoms with Gasteiger partial charge in [-0.3, -0.25) is 4.79 Å². The van der Waals surface area contributed by atoms with Crippen LogP contribution in [0.25, 0.3) is 11.0 Å². The van der Waals surface area contributed by atoms with Crippen LogP contribution in [0.15, 0.2) is 12.3 Å². The van der Waals surface area contributed by atoms with Crippen LogP contribution in [0.2, 0.25) is 27.4 Å². The van der Waals surface area contributed by atoms with Crippen molar-refractivity contribution in [3.8, 4) is 0 Å². The molecule has 4 rings (SSSR count). The first-order valence-electron chi connectivity index (χ1n) is 13.9. The lowest BCUT2D eigenvalue weighted by molar-refractivity contribution is -0.115. The Kier molecular flexibility index (Phi) is 8.97. The summed E-state index contributed by atoms with van der Waals surface area (Å²) in [6.45, 7) is 18.9. The number of fused-ring (bicyclic) bond motifs is 2. The molecule has 13 heteroatoms. The molecule has 4 atom stereocenters.